The minimum atomic E-state index is -0.574. The van der Waals surface area contributed by atoms with Gasteiger partial charge in [-0.3, -0.25) is 10.1 Å². The molecule has 0 saturated heterocycles. The van der Waals surface area contributed by atoms with Crippen molar-refractivity contribution in [3.63, 3.8) is 0 Å². The molecule has 0 spiro atoms. The molecular weight excluding hydrogens is 278 g/mol. The molecule has 0 saturated carbocycles. The Morgan fingerprint density at radius 1 is 0.909 bits per heavy atom. The van der Waals surface area contributed by atoms with Crippen LogP contribution in [0.4, 0.5) is 10.5 Å². The van der Waals surface area contributed by atoms with Gasteiger partial charge in [0.15, 0.2) is 0 Å². The number of aldehydes is 1. The lowest BCUT2D eigenvalue weighted by atomic mass is 10.1. The topological polar surface area (TPSA) is 55.4 Å². The summed E-state index contributed by atoms with van der Waals surface area (Å²) in [6, 6.07) is 19.8. The SMILES string of the molecule is O=Cc1ccc(OC(=O)Nc2cccc3ccccc23)cc1. The molecule has 3 rings (SSSR count). The second kappa shape index (κ2) is 6.10. The predicted molar refractivity (Wildman–Crippen MR) is 85.4 cm³/mol. The van der Waals surface area contributed by atoms with Gasteiger partial charge < -0.3 is 4.74 Å². The molecule has 0 heterocycles. The van der Waals surface area contributed by atoms with E-state index in [0.29, 0.717) is 17.0 Å². The van der Waals surface area contributed by atoms with Gasteiger partial charge in [-0.05, 0) is 35.7 Å². The summed E-state index contributed by atoms with van der Waals surface area (Å²) in [6.07, 6.45) is 0.162. The lowest BCUT2D eigenvalue weighted by Gasteiger charge is -2.09. The zero-order valence-corrected chi connectivity index (χ0v) is 11.7. The molecule has 1 N–H and O–H groups in total. The van der Waals surface area contributed by atoms with Gasteiger partial charge in [0.25, 0.3) is 0 Å². The van der Waals surface area contributed by atoms with E-state index in [0.717, 1.165) is 17.1 Å². The van der Waals surface area contributed by atoms with E-state index in [-0.39, 0.29) is 0 Å². The molecule has 22 heavy (non-hydrogen) atoms. The van der Waals surface area contributed by atoms with Gasteiger partial charge in [-0.2, -0.15) is 0 Å². The molecule has 0 atom stereocenters. The van der Waals surface area contributed by atoms with Gasteiger partial charge in [0.05, 0.1) is 5.69 Å². The minimum Gasteiger partial charge on any atom is -0.410 e. The summed E-state index contributed by atoms with van der Waals surface area (Å²) in [4.78, 5) is 22.6. The Hall–Kier alpha value is -3.14. The second-order valence-electron chi connectivity index (χ2n) is 4.73. The Morgan fingerprint density at radius 2 is 1.64 bits per heavy atom. The van der Waals surface area contributed by atoms with Crippen molar-refractivity contribution in [3.05, 3.63) is 72.3 Å². The van der Waals surface area contributed by atoms with E-state index in [4.69, 9.17) is 4.74 Å². The summed E-state index contributed by atoms with van der Waals surface area (Å²) in [5, 5.41) is 4.71. The van der Waals surface area contributed by atoms with E-state index in [2.05, 4.69) is 5.32 Å². The van der Waals surface area contributed by atoms with Gasteiger partial charge >= 0.3 is 6.09 Å². The first-order chi connectivity index (χ1) is 10.8. The molecule has 4 heteroatoms. The van der Waals surface area contributed by atoms with Gasteiger partial charge in [0, 0.05) is 10.9 Å². The van der Waals surface area contributed by atoms with Crippen molar-refractivity contribution >= 4 is 28.8 Å². The van der Waals surface area contributed by atoms with Crippen molar-refractivity contribution in [2.75, 3.05) is 5.32 Å². The van der Waals surface area contributed by atoms with E-state index >= 15 is 0 Å². The molecule has 3 aromatic rings. The second-order valence-corrected chi connectivity index (χ2v) is 4.73. The number of hydrogen-bond acceptors (Lipinski definition) is 3. The van der Waals surface area contributed by atoms with Crippen LogP contribution in [0.3, 0.4) is 0 Å². The number of carbonyl (C=O) groups excluding carboxylic acids is 2. The van der Waals surface area contributed by atoms with Crippen molar-refractivity contribution in [1.29, 1.82) is 0 Å². The van der Waals surface area contributed by atoms with Crippen LogP contribution in [0.1, 0.15) is 10.4 Å². The van der Waals surface area contributed by atoms with E-state index in [1.54, 1.807) is 24.3 Å². The molecule has 0 radical (unpaired) electrons. The first-order valence-corrected chi connectivity index (χ1v) is 6.78. The number of hydrogen-bond donors (Lipinski definition) is 1. The average Bonchev–Trinajstić information content (AvgIpc) is 2.56. The molecule has 1 amide bonds. The standard InChI is InChI=1S/C18H13NO3/c20-12-13-8-10-15(11-9-13)22-18(21)19-17-7-3-5-14-4-1-2-6-16(14)17/h1-12H,(H,19,21). The highest BCUT2D eigenvalue weighted by Gasteiger charge is 2.07. The first-order valence-electron chi connectivity index (χ1n) is 6.78. The minimum absolute atomic E-state index is 0.378. The Morgan fingerprint density at radius 3 is 2.41 bits per heavy atom. The Labute approximate surface area is 127 Å². The molecule has 0 fully saturated rings. The van der Waals surface area contributed by atoms with Crippen LogP contribution >= 0.6 is 0 Å². The molecule has 3 aromatic carbocycles. The predicted octanol–water partition coefficient (Wildman–Crippen LogP) is 4.26. The number of amides is 1. The van der Waals surface area contributed by atoms with Crippen LogP contribution in [0.2, 0.25) is 0 Å². The average molecular weight is 291 g/mol. The maximum atomic E-state index is 12.0. The zero-order chi connectivity index (χ0) is 15.4. The number of anilines is 1. The van der Waals surface area contributed by atoms with Gasteiger partial charge in [-0.15, -0.1) is 0 Å². The lowest BCUT2D eigenvalue weighted by molar-refractivity contribution is 0.112. The third-order valence-corrected chi connectivity index (χ3v) is 3.25. The third-order valence-electron chi connectivity index (χ3n) is 3.25. The van der Waals surface area contributed by atoms with E-state index in [1.165, 1.54) is 0 Å². The summed E-state index contributed by atoms with van der Waals surface area (Å²) >= 11 is 0. The van der Waals surface area contributed by atoms with Crippen LogP contribution in [0.5, 0.6) is 5.75 Å². The fourth-order valence-electron chi connectivity index (χ4n) is 2.19. The summed E-state index contributed by atoms with van der Waals surface area (Å²) in [7, 11) is 0. The van der Waals surface area contributed by atoms with Gasteiger partial charge in [-0.1, -0.05) is 36.4 Å². The number of fused-ring (bicyclic) bond motifs is 1. The molecule has 108 valence electrons. The van der Waals surface area contributed by atoms with Crippen molar-refractivity contribution in [2.45, 2.75) is 0 Å². The normalized spacial score (nSPS) is 10.2. The maximum absolute atomic E-state index is 12.0. The van der Waals surface area contributed by atoms with Gasteiger partial charge in [0.2, 0.25) is 0 Å². The molecule has 4 nitrogen and oxygen atoms in total. The Bertz CT molecular complexity index is 820. The number of ether oxygens (including phenoxy) is 1. The van der Waals surface area contributed by atoms with E-state index < -0.39 is 6.09 Å². The quantitative estimate of drug-likeness (QED) is 0.733. The summed E-state index contributed by atoms with van der Waals surface area (Å²) < 4.78 is 5.20. The zero-order valence-electron chi connectivity index (χ0n) is 11.7. The number of benzene rings is 3. The fraction of sp³-hybridized carbons (Fsp3) is 0. The molecule has 0 aliphatic heterocycles. The molecule has 0 unspecified atom stereocenters. The van der Waals surface area contributed by atoms with Gasteiger partial charge in [0.1, 0.15) is 12.0 Å². The molecule has 0 bridgehead atoms. The van der Waals surface area contributed by atoms with Crippen LogP contribution in [0.15, 0.2) is 66.7 Å². The van der Waals surface area contributed by atoms with Crippen LogP contribution in [0, 0.1) is 0 Å². The van der Waals surface area contributed by atoms with E-state index in [1.807, 2.05) is 42.5 Å². The van der Waals surface area contributed by atoms with Crippen molar-refractivity contribution in [3.8, 4) is 5.75 Å². The number of rotatable bonds is 3. The smallest absolute Gasteiger partial charge is 0.410 e. The fourth-order valence-corrected chi connectivity index (χ4v) is 2.19. The molecule has 0 aromatic heterocycles. The number of nitrogens with one attached hydrogen (secondary N) is 1. The molecular formula is C18H13NO3. The van der Waals surface area contributed by atoms with Gasteiger partial charge in [-0.25, -0.2) is 4.79 Å². The van der Waals surface area contributed by atoms with Crippen molar-refractivity contribution < 1.29 is 14.3 Å². The summed E-state index contributed by atoms with van der Waals surface area (Å²) in [6.45, 7) is 0. The highest BCUT2D eigenvalue weighted by molar-refractivity contribution is 6.00. The Kier molecular flexibility index (Phi) is 3.83. The van der Waals surface area contributed by atoms with Crippen LogP contribution in [0.25, 0.3) is 10.8 Å². The highest BCUT2D eigenvalue weighted by atomic mass is 16.6. The van der Waals surface area contributed by atoms with Crippen LogP contribution in [-0.2, 0) is 0 Å². The third kappa shape index (κ3) is 2.96. The molecule has 0 aliphatic rings. The lowest BCUT2D eigenvalue weighted by Crippen LogP contribution is -2.16. The first kappa shape index (κ1) is 13.8. The monoisotopic (exact) mass is 291 g/mol. The largest absolute Gasteiger partial charge is 0.417 e. The van der Waals surface area contributed by atoms with E-state index in [9.17, 15) is 9.59 Å². The van der Waals surface area contributed by atoms with Crippen LogP contribution < -0.4 is 10.1 Å². The van der Waals surface area contributed by atoms with Crippen molar-refractivity contribution in [2.24, 2.45) is 0 Å². The van der Waals surface area contributed by atoms with Crippen LogP contribution in [-0.4, -0.2) is 12.4 Å². The highest BCUT2D eigenvalue weighted by Crippen LogP contribution is 2.23. The Balaban J connectivity index is 1.76. The molecule has 0 aliphatic carbocycles. The summed E-state index contributed by atoms with van der Waals surface area (Å²) in [5.74, 6) is 0.378. The number of carbonyl (C=O) groups is 2. The maximum Gasteiger partial charge on any atom is 0.417 e. The summed E-state index contributed by atoms with van der Waals surface area (Å²) in [5.41, 5.74) is 1.22. The van der Waals surface area contributed by atoms with Crippen molar-refractivity contribution in [1.82, 2.24) is 0 Å².